The number of aryl methyl sites for hydroxylation is 1. The Hall–Kier alpha value is -4.68. The molecule has 64 heavy (non-hydrogen) atoms. The summed E-state index contributed by atoms with van der Waals surface area (Å²) in [7, 11) is 0. The van der Waals surface area contributed by atoms with Crippen molar-refractivity contribution in [2.24, 2.45) is 0 Å². The van der Waals surface area contributed by atoms with Crippen LogP contribution in [0.5, 0.6) is 0 Å². The van der Waals surface area contributed by atoms with Crippen molar-refractivity contribution >= 4 is 0 Å². The van der Waals surface area contributed by atoms with Crippen LogP contribution in [0.2, 0.25) is 0 Å². The lowest BCUT2D eigenvalue weighted by atomic mass is 9.68. The molecule has 0 amide bonds. The molecule has 8 rings (SSSR count). The standard InChI is InChI=1S/C25H18.C14H12.10C2H6.5CH4/c1-3-11-19(12-4-1)25(20-13-5-2-6-14-20)23-17-9-7-15-21(23)22-16-8-10-18-24(22)25;1-10-5-4-7-12-9-11-6-2-3-8-13(11)14(10)12;10*1-2;;;;;/h1-18H;2-8H,9H2,1H3;10*1-2H3;5*1H4. The largest absolute Gasteiger partial charge is 0.0776 e. The predicted molar refractivity (Wildman–Crippen MR) is 310 cm³/mol. The molecule has 0 radical (unpaired) electrons. The monoisotopic (exact) mass is 879 g/mol. The topological polar surface area (TPSA) is 0 Å². The number of fused-ring (bicyclic) bond motifs is 6. The van der Waals surface area contributed by atoms with Crippen LogP contribution < -0.4 is 0 Å². The molecule has 0 fully saturated rings. The van der Waals surface area contributed by atoms with Crippen LogP contribution in [-0.4, -0.2) is 0 Å². The van der Waals surface area contributed by atoms with Gasteiger partial charge in [-0.3, -0.25) is 0 Å². The molecule has 2 aliphatic carbocycles. The summed E-state index contributed by atoms with van der Waals surface area (Å²) in [6.07, 6.45) is 1.10. The molecule has 6 aromatic rings. The van der Waals surface area contributed by atoms with Crippen molar-refractivity contribution in [2.45, 2.75) is 194 Å². The smallest absolute Gasteiger partial charge is 0.0713 e. The van der Waals surface area contributed by atoms with Crippen molar-refractivity contribution in [2.75, 3.05) is 0 Å². The van der Waals surface area contributed by atoms with Crippen LogP contribution >= 0.6 is 0 Å². The highest BCUT2D eigenvalue weighted by molar-refractivity contribution is 5.86. The summed E-state index contributed by atoms with van der Waals surface area (Å²) in [4.78, 5) is 0. The molecular weight excluding hydrogens is 769 g/mol. The molecule has 0 aromatic heterocycles. The van der Waals surface area contributed by atoms with E-state index in [2.05, 4.69) is 159 Å². The molecule has 0 nitrogen and oxygen atoms in total. The fraction of sp³-hybridized carbons (Fsp3) is 0.438. The summed E-state index contributed by atoms with van der Waals surface area (Å²) in [5.41, 5.74) is 15.0. The Balaban J connectivity index is -0.0000000962. The van der Waals surface area contributed by atoms with E-state index in [1.54, 1.807) is 0 Å². The van der Waals surface area contributed by atoms with Gasteiger partial charge in [0.05, 0.1) is 5.41 Å². The fourth-order valence-electron chi connectivity index (χ4n) is 6.78. The van der Waals surface area contributed by atoms with E-state index in [1.165, 1.54) is 61.2 Å². The Morgan fingerprint density at radius 3 is 0.922 bits per heavy atom. The van der Waals surface area contributed by atoms with E-state index >= 15 is 0 Å². The zero-order chi connectivity index (χ0) is 46.2. The maximum atomic E-state index is 2.29. The van der Waals surface area contributed by atoms with Crippen LogP contribution in [-0.2, 0) is 11.8 Å². The van der Waals surface area contributed by atoms with E-state index in [4.69, 9.17) is 0 Å². The molecule has 0 heterocycles. The molecule has 2 aliphatic rings. The van der Waals surface area contributed by atoms with E-state index in [-0.39, 0.29) is 42.5 Å². The zero-order valence-electron chi connectivity index (χ0n) is 42.1. The number of hydrogen-bond donors (Lipinski definition) is 0. The van der Waals surface area contributed by atoms with Crippen LogP contribution in [0.1, 0.15) is 215 Å². The fourth-order valence-corrected chi connectivity index (χ4v) is 6.78. The number of benzene rings is 6. The Morgan fingerprint density at radius 1 is 0.281 bits per heavy atom. The van der Waals surface area contributed by atoms with Gasteiger partial charge in [-0.15, -0.1) is 0 Å². The molecule has 0 aliphatic heterocycles. The average Bonchev–Trinajstić information content (AvgIpc) is 3.91. The number of rotatable bonds is 2. The van der Waals surface area contributed by atoms with Crippen LogP contribution in [0.15, 0.2) is 152 Å². The first-order chi connectivity index (χ1) is 29.3. The molecule has 0 spiro atoms. The van der Waals surface area contributed by atoms with Gasteiger partial charge in [-0.05, 0) is 74.5 Å². The Bertz CT molecular complexity index is 1690. The normalized spacial score (nSPS) is 9.08. The van der Waals surface area contributed by atoms with Gasteiger partial charge in [0.25, 0.3) is 0 Å². The van der Waals surface area contributed by atoms with E-state index in [9.17, 15) is 0 Å². The van der Waals surface area contributed by atoms with E-state index < -0.39 is 0 Å². The second-order valence-corrected chi connectivity index (χ2v) is 10.5. The molecule has 366 valence electrons. The third-order valence-corrected chi connectivity index (χ3v) is 8.39. The lowest BCUT2D eigenvalue weighted by Gasteiger charge is -2.33. The van der Waals surface area contributed by atoms with Gasteiger partial charge in [-0.1, -0.05) is 327 Å². The van der Waals surface area contributed by atoms with Gasteiger partial charge in [-0.2, -0.15) is 0 Å². The van der Waals surface area contributed by atoms with Gasteiger partial charge in [0.15, 0.2) is 0 Å². The maximum absolute atomic E-state index is 2.29. The first kappa shape index (κ1) is 79.7. The zero-order valence-corrected chi connectivity index (χ0v) is 42.1. The Labute approximate surface area is 405 Å². The highest BCUT2D eigenvalue weighted by atomic mass is 14.5. The second kappa shape index (κ2) is 52.7. The molecule has 0 bridgehead atoms. The molecule has 0 saturated heterocycles. The minimum atomic E-state index is -0.254. The minimum absolute atomic E-state index is 0. The van der Waals surface area contributed by atoms with Gasteiger partial charge in [-0.25, -0.2) is 0 Å². The molecule has 0 heteroatoms. The first-order valence-electron chi connectivity index (χ1n) is 23.8. The summed E-state index contributed by atoms with van der Waals surface area (Å²) in [6.45, 7) is 42.2. The summed E-state index contributed by atoms with van der Waals surface area (Å²) < 4.78 is 0. The van der Waals surface area contributed by atoms with Gasteiger partial charge < -0.3 is 0 Å². The molecule has 0 unspecified atom stereocenters. The van der Waals surface area contributed by atoms with E-state index in [0.29, 0.717) is 0 Å². The predicted octanol–water partition coefficient (Wildman–Crippen LogP) is 23.1. The molecule has 0 N–H and O–H groups in total. The summed E-state index contributed by atoms with van der Waals surface area (Å²) in [6, 6.07) is 54.8. The van der Waals surface area contributed by atoms with Crippen molar-refractivity contribution in [1.82, 2.24) is 0 Å². The van der Waals surface area contributed by atoms with Gasteiger partial charge in [0.2, 0.25) is 0 Å². The van der Waals surface area contributed by atoms with Crippen molar-refractivity contribution in [3.05, 3.63) is 191 Å². The lowest BCUT2D eigenvalue weighted by Crippen LogP contribution is -2.28. The molecular formula is C64H110. The highest BCUT2D eigenvalue weighted by Crippen LogP contribution is 2.55. The summed E-state index contributed by atoms with van der Waals surface area (Å²) >= 11 is 0. The van der Waals surface area contributed by atoms with Crippen LogP contribution in [0.4, 0.5) is 0 Å². The SMILES string of the molecule is C.C.C.C.C.CC.CC.CC.CC.CC.CC.CC.CC.CC.CC.Cc1cccc2c1-c1ccccc1C2.c1ccc(C2(c3ccccc3)c3ccccc3-c3ccccc32)cc1. The van der Waals surface area contributed by atoms with Crippen LogP contribution in [0.3, 0.4) is 0 Å². The molecule has 6 aromatic carbocycles. The quantitative estimate of drug-likeness (QED) is 0.162. The van der Waals surface area contributed by atoms with Crippen molar-refractivity contribution in [3.63, 3.8) is 0 Å². The average molecular weight is 880 g/mol. The highest BCUT2D eigenvalue weighted by Gasteiger charge is 2.45. The second-order valence-electron chi connectivity index (χ2n) is 10.5. The van der Waals surface area contributed by atoms with Gasteiger partial charge in [0.1, 0.15) is 0 Å². The van der Waals surface area contributed by atoms with Crippen LogP contribution in [0.25, 0.3) is 22.3 Å². The van der Waals surface area contributed by atoms with Crippen molar-refractivity contribution < 1.29 is 0 Å². The third kappa shape index (κ3) is 20.4. The van der Waals surface area contributed by atoms with Crippen molar-refractivity contribution in [1.29, 1.82) is 0 Å². The van der Waals surface area contributed by atoms with E-state index in [1.807, 2.05) is 138 Å². The number of hydrogen-bond acceptors (Lipinski definition) is 0. The van der Waals surface area contributed by atoms with Crippen molar-refractivity contribution in [3.8, 4) is 22.3 Å². The third-order valence-electron chi connectivity index (χ3n) is 8.39. The Kier molecular flexibility index (Phi) is 65.6. The van der Waals surface area contributed by atoms with Gasteiger partial charge in [0, 0.05) is 0 Å². The summed E-state index contributed by atoms with van der Waals surface area (Å²) in [5.74, 6) is 0. The van der Waals surface area contributed by atoms with Crippen LogP contribution in [0, 0.1) is 6.92 Å². The summed E-state index contributed by atoms with van der Waals surface area (Å²) in [5, 5.41) is 0. The Morgan fingerprint density at radius 2 is 0.562 bits per heavy atom. The maximum Gasteiger partial charge on any atom is 0.0713 e. The van der Waals surface area contributed by atoms with E-state index in [0.717, 1.165) is 6.42 Å². The van der Waals surface area contributed by atoms with Gasteiger partial charge >= 0.3 is 0 Å². The molecule has 0 atom stereocenters. The molecule has 0 saturated carbocycles. The minimum Gasteiger partial charge on any atom is -0.0776 e. The lowest BCUT2D eigenvalue weighted by molar-refractivity contribution is 0.768. The first-order valence-corrected chi connectivity index (χ1v) is 23.8.